The van der Waals surface area contributed by atoms with Crippen LogP contribution in [-0.2, 0) is 6.42 Å². The molecule has 4 rings (SSSR count). The summed E-state index contributed by atoms with van der Waals surface area (Å²) in [6.07, 6.45) is -2.49. The van der Waals surface area contributed by atoms with Crippen molar-refractivity contribution in [3.8, 4) is 5.75 Å². The number of hydrogen-bond donors (Lipinski definition) is 1. The third-order valence-electron chi connectivity index (χ3n) is 8.01. The van der Waals surface area contributed by atoms with Crippen LogP contribution in [-0.4, -0.2) is 52.7 Å². The Morgan fingerprint density at radius 3 is 2.61 bits per heavy atom. The highest BCUT2D eigenvalue weighted by Gasteiger charge is 2.37. The number of aromatic nitrogens is 2. The predicted octanol–water partition coefficient (Wildman–Crippen LogP) is 5.99. The van der Waals surface area contributed by atoms with Gasteiger partial charge in [0.05, 0.1) is 19.2 Å². The summed E-state index contributed by atoms with van der Waals surface area (Å²) in [7, 11) is 1.51. The Kier molecular flexibility index (Phi) is 8.06. The van der Waals surface area contributed by atoms with E-state index in [-0.39, 0.29) is 42.2 Å². The lowest BCUT2D eigenvalue weighted by Gasteiger charge is -2.40. The minimum atomic E-state index is -4.21. The summed E-state index contributed by atoms with van der Waals surface area (Å²) in [5.74, 6) is 0.597. The molecule has 3 heterocycles. The molecule has 1 aromatic carbocycles. The Balaban J connectivity index is 1.60. The summed E-state index contributed by atoms with van der Waals surface area (Å²) in [5.41, 5.74) is 3.30. The minimum absolute atomic E-state index is 0.0111. The van der Waals surface area contributed by atoms with Crippen LogP contribution in [0.2, 0.25) is 0 Å². The van der Waals surface area contributed by atoms with Crippen LogP contribution in [0, 0.1) is 19.8 Å². The molecule has 0 aliphatic carbocycles. The molecule has 1 saturated heterocycles. The van der Waals surface area contributed by atoms with Gasteiger partial charge in [-0.05, 0) is 71.6 Å². The fourth-order valence-electron chi connectivity index (χ4n) is 6.11. The van der Waals surface area contributed by atoms with Gasteiger partial charge in [0.1, 0.15) is 5.75 Å². The van der Waals surface area contributed by atoms with Gasteiger partial charge >= 0.3 is 6.18 Å². The van der Waals surface area contributed by atoms with Gasteiger partial charge in [-0.1, -0.05) is 18.2 Å². The zero-order chi connectivity index (χ0) is 27.8. The van der Waals surface area contributed by atoms with E-state index in [0.717, 1.165) is 16.6 Å². The van der Waals surface area contributed by atoms with Crippen LogP contribution in [0.25, 0.3) is 10.9 Å². The van der Waals surface area contributed by atoms with Crippen LogP contribution >= 0.6 is 0 Å². The maximum atomic E-state index is 13.6. The van der Waals surface area contributed by atoms with Crippen molar-refractivity contribution in [1.82, 2.24) is 14.5 Å². The molecule has 0 saturated carbocycles. The first-order valence-corrected chi connectivity index (χ1v) is 13.1. The number of likely N-dealkylation sites (tertiary alicyclic amines) is 1. The molecule has 3 unspecified atom stereocenters. The number of nitrogens with one attached hydrogen (secondary N) is 1. The number of carbonyl (C=O) groups is 1. The highest BCUT2D eigenvalue weighted by molar-refractivity contribution is 6.09. The summed E-state index contributed by atoms with van der Waals surface area (Å²) in [6.45, 7) is 7.19. The lowest BCUT2D eigenvalue weighted by Crippen LogP contribution is -2.46. The molecule has 3 atom stereocenters. The van der Waals surface area contributed by atoms with Gasteiger partial charge in [0.2, 0.25) is 0 Å². The van der Waals surface area contributed by atoms with Crippen molar-refractivity contribution >= 4 is 16.7 Å². The third kappa shape index (κ3) is 5.67. The molecule has 38 heavy (non-hydrogen) atoms. The number of rotatable bonds is 8. The Morgan fingerprint density at radius 1 is 1.24 bits per heavy atom. The number of carbonyl (C=O) groups excluding carboxylic acids is 1. The van der Waals surface area contributed by atoms with E-state index in [9.17, 15) is 22.8 Å². The molecule has 206 valence electrons. The second-order valence-corrected chi connectivity index (χ2v) is 10.6. The standard InChI is InChI=1S/C29H36F3N3O3/c1-17-14-26(38-5)23(28(37)33-17)10-11-25(36)27-20(4)35(24-9-7-6-8-22(24)27)19(3)21-12-13-34(18(2)15-21)16-29(30,31)32/h6-9,14,18-19,21H,10-13,15-16H2,1-5H3,(H,33,37). The Bertz CT molecular complexity index is 1380. The molecule has 2 aromatic heterocycles. The first kappa shape index (κ1) is 28.0. The van der Waals surface area contributed by atoms with Crippen LogP contribution in [0.15, 0.2) is 35.1 Å². The lowest BCUT2D eigenvalue weighted by molar-refractivity contribution is -0.154. The van der Waals surface area contributed by atoms with Gasteiger partial charge in [-0.2, -0.15) is 13.2 Å². The van der Waals surface area contributed by atoms with E-state index < -0.39 is 12.7 Å². The number of aryl methyl sites for hydroxylation is 1. The number of hydrogen-bond acceptors (Lipinski definition) is 4. The number of H-pyrrole nitrogens is 1. The van der Waals surface area contributed by atoms with Crippen LogP contribution < -0.4 is 10.3 Å². The van der Waals surface area contributed by atoms with Crippen molar-refractivity contribution in [1.29, 1.82) is 0 Å². The maximum Gasteiger partial charge on any atom is 0.401 e. The van der Waals surface area contributed by atoms with E-state index >= 15 is 0 Å². The predicted molar refractivity (Wildman–Crippen MR) is 142 cm³/mol. The zero-order valence-electron chi connectivity index (χ0n) is 22.6. The zero-order valence-corrected chi connectivity index (χ0v) is 22.6. The van der Waals surface area contributed by atoms with Crippen molar-refractivity contribution in [2.75, 3.05) is 20.2 Å². The SMILES string of the molecule is COc1cc(C)[nH]c(=O)c1CCC(=O)c1c(C)n(C(C)C2CCN(CC(F)(F)F)C(C)C2)c2ccccc12. The molecule has 9 heteroatoms. The highest BCUT2D eigenvalue weighted by Crippen LogP contribution is 2.38. The maximum absolute atomic E-state index is 13.6. The van der Waals surface area contributed by atoms with Gasteiger partial charge < -0.3 is 14.3 Å². The monoisotopic (exact) mass is 531 g/mol. The molecule has 6 nitrogen and oxygen atoms in total. The lowest BCUT2D eigenvalue weighted by atomic mass is 9.86. The second-order valence-electron chi connectivity index (χ2n) is 10.6. The van der Waals surface area contributed by atoms with Gasteiger partial charge in [-0.3, -0.25) is 14.5 Å². The summed E-state index contributed by atoms with van der Waals surface area (Å²) in [6, 6.07) is 9.35. The van der Waals surface area contributed by atoms with Gasteiger partial charge in [0.25, 0.3) is 5.56 Å². The van der Waals surface area contributed by atoms with Gasteiger partial charge in [0.15, 0.2) is 5.78 Å². The number of nitrogens with zero attached hydrogens (tertiary/aromatic N) is 2. The van der Waals surface area contributed by atoms with E-state index in [1.807, 2.05) is 38.1 Å². The second kappa shape index (κ2) is 11.0. The molecule has 1 aliphatic heterocycles. The molecule has 0 radical (unpaired) electrons. The summed E-state index contributed by atoms with van der Waals surface area (Å²) < 4.78 is 46.5. The van der Waals surface area contributed by atoms with Crippen molar-refractivity contribution in [3.63, 3.8) is 0 Å². The quantitative estimate of drug-likeness (QED) is 0.363. The number of para-hydroxylation sites is 1. The number of methoxy groups -OCH3 is 1. The van der Waals surface area contributed by atoms with E-state index in [2.05, 4.69) is 16.5 Å². The van der Waals surface area contributed by atoms with Crippen molar-refractivity contribution in [3.05, 3.63) is 63.2 Å². The number of aromatic amines is 1. The molecule has 3 aromatic rings. The van der Waals surface area contributed by atoms with E-state index in [1.165, 1.54) is 12.0 Å². The molecule has 1 N–H and O–H groups in total. The Labute approximate surface area is 220 Å². The smallest absolute Gasteiger partial charge is 0.401 e. The first-order chi connectivity index (χ1) is 17.9. The van der Waals surface area contributed by atoms with E-state index in [1.54, 1.807) is 13.0 Å². The van der Waals surface area contributed by atoms with Gasteiger partial charge in [-0.25, -0.2) is 0 Å². The fourth-order valence-corrected chi connectivity index (χ4v) is 6.11. The average Bonchev–Trinajstić information content (AvgIpc) is 3.14. The molecular formula is C29H36F3N3O3. The molecule has 0 amide bonds. The number of ether oxygens (including phenoxy) is 1. The number of ketones is 1. The van der Waals surface area contributed by atoms with Gasteiger partial charge in [-0.15, -0.1) is 0 Å². The normalized spacial score (nSPS) is 19.6. The van der Waals surface area contributed by atoms with Gasteiger partial charge in [0, 0.05) is 46.4 Å². The van der Waals surface area contributed by atoms with Crippen LogP contribution in [0.4, 0.5) is 13.2 Å². The van der Waals surface area contributed by atoms with Crippen molar-refractivity contribution in [2.24, 2.45) is 5.92 Å². The third-order valence-corrected chi connectivity index (χ3v) is 8.01. The minimum Gasteiger partial charge on any atom is -0.496 e. The van der Waals surface area contributed by atoms with E-state index in [4.69, 9.17) is 4.74 Å². The number of halogens is 3. The Hall–Kier alpha value is -3.07. The molecule has 0 spiro atoms. The molecule has 1 aliphatic rings. The topological polar surface area (TPSA) is 67.3 Å². The number of fused-ring (bicyclic) bond motifs is 1. The van der Waals surface area contributed by atoms with Crippen molar-refractivity contribution < 1.29 is 22.7 Å². The molecule has 1 fully saturated rings. The summed E-state index contributed by atoms with van der Waals surface area (Å²) in [4.78, 5) is 30.4. The van der Waals surface area contributed by atoms with Crippen molar-refractivity contribution in [2.45, 2.75) is 71.6 Å². The number of alkyl halides is 3. The number of benzene rings is 1. The number of pyridine rings is 1. The molecule has 0 bridgehead atoms. The summed E-state index contributed by atoms with van der Waals surface area (Å²) in [5, 5.41) is 0.856. The number of piperidine rings is 1. The summed E-state index contributed by atoms with van der Waals surface area (Å²) >= 11 is 0. The van der Waals surface area contributed by atoms with E-state index in [0.29, 0.717) is 42.0 Å². The largest absolute Gasteiger partial charge is 0.496 e. The average molecular weight is 532 g/mol. The molecular weight excluding hydrogens is 495 g/mol. The van der Waals surface area contributed by atoms with Crippen LogP contribution in [0.1, 0.15) is 66.5 Å². The first-order valence-electron chi connectivity index (χ1n) is 13.1. The van der Waals surface area contributed by atoms with Crippen LogP contribution in [0.5, 0.6) is 5.75 Å². The number of Topliss-reactive ketones (excluding diaryl/α,β-unsaturated/α-hetero) is 1. The Morgan fingerprint density at radius 2 is 1.95 bits per heavy atom. The fraction of sp³-hybridized carbons (Fsp3) is 0.517. The highest BCUT2D eigenvalue weighted by atomic mass is 19.4. The van der Waals surface area contributed by atoms with Crippen LogP contribution in [0.3, 0.4) is 0 Å².